The molecule has 1 aromatic carbocycles. The second kappa shape index (κ2) is 9.73. The van der Waals surface area contributed by atoms with Crippen molar-refractivity contribution in [1.29, 1.82) is 0 Å². The van der Waals surface area contributed by atoms with Crippen molar-refractivity contribution in [2.75, 3.05) is 6.54 Å². The number of piperidine rings is 1. The molecule has 196 valence electrons. The number of hydrogen-bond donors (Lipinski definition) is 3. The lowest BCUT2D eigenvalue weighted by Gasteiger charge is -2.40. The molecule has 4 atom stereocenters. The van der Waals surface area contributed by atoms with Crippen molar-refractivity contribution in [3.05, 3.63) is 62.5 Å². The van der Waals surface area contributed by atoms with Gasteiger partial charge in [-0.1, -0.05) is 17.7 Å². The molecule has 5 rings (SSSR count). The van der Waals surface area contributed by atoms with Gasteiger partial charge < -0.3 is 15.5 Å². The maximum Gasteiger partial charge on any atom is 0.335 e. The van der Waals surface area contributed by atoms with E-state index in [1.165, 1.54) is 17.4 Å². The maximum absolute atomic E-state index is 15.0. The molecular weight excluding hydrogens is 533 g/mol. The minimum Gasteiger partial charge on any atom is -0.481 e. The summed E-state index contributed by atoms with van der Waals surface area (Å²) in [5.41, 5.74) is 0.216. The third kappa shape index (κ3) is 4.97. The predicted molar refractivity (Wildman–Crippen MR) is 129 cm³/mol. The second-order valence-corrected chi connectivity index (χ2v) is 10.7. The number of aliphatic carboxylic acids is 2. The van der Waals surface area contributed by atoms with E-state index in [1.807, 2.05) is 0 Å². The number of hydrogen-bond acceptors (Lipinski definition) is 7. The fourth-order valence-corrected chi connectivity index (χ4v) is 6.45. The fraction of sp³-hybridized carbons (Fsp3) is 0.417. The molecule has 37 heavy (non-hydrogen) atoms. The number of benzene rings is 1. The monoisotopic (exact) mass is 554 g/mol. The molecule has 0 unspecified atom stereocenters. The van der Waals surface area contributed by atoms with Crippen LogP contribution >= 0.6 is 22.9 Å². The van der Waals surface area contributed by atoms with Crippen molar-refractivity contribution in [3.8, 4) is 0 Å². The number of carbonyl (C=O) groups is 2. The molecule has 3 aliphatic heterocycles. The summed E-state index contributed by atoms with van der Waals surface area (Å²) in [6.45, 7) is -0.147. The first kappa shape index (κ1) is 25.7. The molecule has 0 aliphatic carbocycles. The highest BCUT2D eigenvalue weighted by Crippen LogP contribution is 2.49. The Bertz CT molecular complexity index is 1300. The second-order valence-electron chi connectivity index (χ2n) is 9.45. The van der Waals surface area contributed by atoms with Gasteiger partial charge in [-0.2, -0.15) is 0 Å². The van der Waals surface area contributed by atoms with Crippen molar-refractivity contribution in [2.24, 2.45) is 10.9 Å². The number of thiazole rings is 1. The largest absolute Gasteiger partial charge is 0.481 e. The Labute approximate surface area is 218 Å². The number of nitrogens with one attached hydrogen (secondary N) is 1. The van der Waals surface area contributed by atoms with Crippen LogP contribution < -0.4 is 5.32 Å². The van der Waals surface area contributed by atoms with Gasteiger partial charge in [0.1, 0.15) is 11.9 Å². The Hall–Kier alpha value is -2.96. The molecule has 4 heterocycles. The number of aromatic nitrogens is 1. The molecular formula is C24H22ClF3N4O4S. The highest BCUT2D eigenvalue weighted by Gasteiger charge is 2.57. The summed E-state index contributed by atoms with van der Waals surface area (Å²) in [6.07, 6.45) is 1.20. The molecule has 0 spiro atoms. The van der Waals surface area contributed by atoms with Crippen LogP contribution in [-0.4, -0.2) is 62.4 Å². The lowest BCUT2D eigenvalue weighted by atomic mass is 9.87. The summed E-state index contributed by atoms with van der Waals surface area (Å²) in [4.78, 5) is 34.1. The van der Waals surface area contributed by atoms with Crippen molar-refractivity contribution >= 4 is 40.7 Å². The van der Waals surface area contributed by atoms with Crippen LogP contribution in [0.25, 0.3) is 0 Å². The maximum atomic E-state index is 15.0. The first-order chi connectivity index (χ1) is 17.5. The van der Waals surface area contributed by atoms with Gasteiger partial charge in [0.05, 0.1) is 11.6 Å². The molecule has 2 saturated heterocycles. The topological polar surface area (TPSA) is 115 Å². The minimum absolute atomic E-state index is 0.00781. The summed E-state index contributed by atoms with van der Waals surface area (Å²) in [5, 5.41) is 24.5. The predicted octanol–water partition coefficient (Wildman–Crippen LogP) is 4.33. The van der Waals surface area contributed by atoms with Crippen LogP contribution in [0, 0.1) is 11.7 Å². The molecule has 2 bridgehead atoms. The third-order valence-corrected chi connectivity index (χ3v) is 8.19. The quantitative estimate of drug-likeness (QED) is 0.467. The SMILES string of the molecule is O=C(O)C[C@@H]1C[C@H]2CC(F)(F)[C@H](C1)N2CC1=C(C(=O)O)[C@H](c2ccc(F)cc2Cl)N=C(c2nccs2)N1. The van der Waals surface area contributed by atoms with Gasteiger partial charge in [0.25, 0.3) is 5.92 Å². The molecule has 0 amide bonds. The third-order valence-electron chi connectivity index (χ3n) is 7.08. The van der Waals surface area contributed by atoms with Gasteiger partial charge in [0.2, 0.25) is 0 Å². The van der Waals surface area contributed by atoms with Crippen LogP contribution in [-0.2, 0) is 9.59 Å². The number of rotatable bonds is 7. The molecule has 0 saturated carbocycles. The van der Waals surface area contributed by atoms with Gasteiger partial charge >= 0.3 is 11.9 Å². The standard InChI is InChI=1S/C24H22ClF3N4O4S/c25-15-8-12(26)1-2-14(15)20-19(23(35)36)16(30-21(31-20)22-29-3-4-37-22)10-32-13-5-11(7-18(33)34)6-17(32)24(27,28)9-13/h1-4,8,11,13,17,20H,5-7,9-10H2,(H,30,31)(H,33,34)(H,35,36)/t11-,13+,17+,20+/m1/s1. The number of alkyl halides is 2. The Kier molecular flexibility index (Phi) is 6.75. The Morgan fingerprint density at radius 2 is 2.05 bits per heavy atom. The average molecular weight is 555 g/mol. The van der Waals surface area contributed by atoms with Crippen molar-refractivity contribution in [1.82, 2.24) is 15.2 Å². The van der Waals surface area contributed by atoms with Crippen LogP contribution in [0.5, 0.6) is 0 Å². The molecule has 2 aromatic rings. The Morgan fingerprint density at radius 1 is 1.27 bits per heavy atom. The zero-order valence-corrected chi connectivity index (χ0v) is 20.8. The summed E-state index contributed by atoms with van der Waals surface area (Å²) < 4.78 is 43.7. The van der Waals surface area contributed by atoms with Crippen molar-refractivity contribution in [3.63, 3.8) is 0 Å². The molecule has 2 fully saturated rings. The van der Waals surface area contributed by atoms with Gasteiger partial charge in [0, 0.05) is 53.3 Å². The van der Waals surface area contributed by atoms with Gasteiger partial charge in [-0.25, -0.2) is 22.9 Å². The molecule has 3 aliphatic rings. The van der Waals surface area contributed by atoms with E-state index in [4.69, 9.17) is 11.6 Å². The van der Waals surface area contributed by atoms with Crippen LogP contribution in [0.4, 0.5) is 13.2 Å². The van der Waals surface area contributed by atoms with E-state index in [0.29, 0.717) is 5.01 Å². The number of carboxylic acid groups (broad SMARTS) is 2. The first-order valence-corrected chi connectivity index (χ1v) is 12.8. The molecule has 13 heteroatoms. The number of halogens is 4. The molecule has 0 radical (unpaired) electrons. The zero-order valence-electron chi connectivity index (χ0n) is 19.2. The molecule has 1 aromatic heterocycles. The van der Waals surface area contributed by atoms with E-state index in [2.05, 4.69) is 15.3 Å². The van der Waals surface area contributed by atoms with Gasteiger partial charge in [0.15, 0.2) is 10.8 Å². The van der Waals surface area contributed by atoms with Crippen LogP contribution in [0.3, 0.4) is 0 Å². The number of carboxylic acids is 2. The van der Waals surface area contributed by atoms with Crippen molar-refractivity contribution < 1.29 is 33.0 Å². The Morgan fingerprint density at radius 3 is 2.68 bits per heavy atom. The average Bonchev–Trinajstić information content (AvgIpc) is 3.38. The van der Waals surface area contributed by atoms with E-state index >= 15 is 0 Å². The van der Waals surface area contributed by atoms with Crippen molar-refractivity contribution in [2.45, 2.75) is 49.7 Å². The minimum atomic E-state index is -3.04. The van der Waals surface area contributed by atoms with Gasteiger partial charge in [-0.15, -0.1) is 11.3 Å². The summed E-state index contributed by atoms with van der Waals surface area (Å²) in [7, 11) is 0. The lowest BCUT2D eigenvalue weighted by Crippen LogP contribution is -2.50. The van der Waals surface area contributed by atoms with E-state index in [9.17, 15) is 33.0 Å². The summed E-state index contributed by atoms with van der Waals surface area (Å²) >= 11 is 7.53. The normalized spacial score (nSPS) is 27.1. The highest BCUT2D eigenvalue weighted by molar-refractivity contribution is 7.11. The van der Waals surface area contributed by atoms with Crippen LogP contribution in [0.15, 0.2) is 46.0 Å². The molecule has 8 nitrogen and oxygen atoms in total. The Balaban J connectivity index is 1.55. The highest BCUT2D eigenvalue weighted by atomic mass is 35.5. The van der Waals surface area contributed by atoms with E-state index in [-0.39, 0.29) is 59.4 Å². The summed E-state index contributed by atoms with van der Waals surface area (Å²) in [6, 6.07) is 0.586. The fourth-order valence-electron chi connectivity index (χ4n) is 5.59. The number of aliphatic imine (C=N–C) groups is 1. The molecule has 3 N–H and O–H groups in total. The zero-order chi connectivity index (χ0) is 26.5. The first-order valence-electron chi connectivity index (χ1n) is 11.5. The smallest absolute Gasteiger partial charge is 0.335 e. The van der Waals surface area contributed by atoms with Crippen LogP contribution in [0.1, 0.15) is 42.3 Å². The van der Waals surface area contributed by atoms with E-state index < -0.39 is 48.2 Å². The summed E-state index contributed by atoms with van der Waals surface area (Å²) in [5.74, 6) is -6.13. The van der Waals surface area contributed by atoms with Gasteiger partial charge in [-0.3, -0.25) is 14.7 Å². The van der Waals surface area contributed by atoms with Crippen LogP contribution in [0.2, 0.25) is 5.02 Å². The number of fused-ring (bicyclic) bond motifs is 2. The van der Waals surface area contributed by atoms with Gasteiger partial charge in [-0.05, 0) is 30.9 Å². The van der Waals surface area contributed by atoms with E-state index in [0.717, 1.165) is 12.1 Å². The van der Waals surface area contributed by atoms with E-state index in [1.54, 1.807) is 16.5 Å². The lowest BCUT2D eigenvalue weighted by molar-refractivity contribution is -0.139. The number of nitrogens with zero attached hydrogens (tertiary/aromatic N) is 3. The number of amidine groups is 1.